The van der Waals surface area contributed by atoms with Crippen molar-refractivity contribution in [3.63, 3.8) is 0 Å². The average molecular weight is 214 g/mol. The monoisotopic (exact) mass is 214 g/mol. The van der Waals surface area contributed by atoms with Crippen molar-refractivity contribution in [3.05, 3.63) is 12.2 Å². The van der Waals surface area contributed by atoms with Crippen LogP contribution in [0.1, 0.15) is 13.8 Å². The Morgan fingerprint density at radius 1 is 1.29 bits per heavy atom. The van der Waals surface area contributed by atoms with Crippen molar-refractivity contribution in [2.75, 3.05) is 39.0 Å². The number of hydrogen-bond acceptors (Lipinski definition) is 3. The van der Waals surface area contributed by atoms with Crippen LogP contribution >= 0.6 is 12.6 Å². The molecular formula is C11H22N2S. The van der Waals surface area contributed by atoms with E-state index in [4.69, 9.17) is 0 Å². The van der Waals surface area contributed by atoms with Crippen LogP contribution in [0.15, 0.2) is 12.2 Å². The lowest BCUT2D eigenvalue weighted by molar-refractivity contribution is 0.0463. The molecule has 1 heterocycles. The molecule has 0 aromatic carbocycles. The molecule has 1 aliphatic rings. The van der Waals surface area contributed by atoms with Gasteiger partial charge in [0.25, 0.3) is 0 Å². The van der Waals surface area contributed by atoms with Gasteiger partial charge >= 0.3 is 0 Å². The fourth-order valence-corrected chi connectivity index (χ4v) is 1.94. The Kier molecular flexibility index (Phi) is 4.48. The van der Waals surface area contributed by atoms with Gasteiger partial charge in [0.2, 0.25) is 0 Å². The molecule has 3 heteroatoms. The summed E-state index contributed by atoms with van der Waals surface area (Å²) in [5, 5.41) is 0. The fraction of sp³-hybridized carbons (Fsp3) is 0.818. The van der Waals surface area contributed by atoms with Crippen molar-refractivity contribution in [1.29, 1.82) is 0 Å². The second-order valence-corrected chi connectivity index (χ2v) is 4.99. The molecule has 1 saturated heterocycles. The molecule has 82 valence electrons. The highest BCUT2D eigenvalue weighted by molar-refractivity contribution is 7.80. The lowest BCUT2D eigenvalue weighted by atomic mass is 10.00. The fourth-order valence-electron chi connectivity index (χ4n) is 1.80. The van der Waals surface area contributed by atoms with Crippen LogP contribution in [-0.4, -0.2) is 54.3 Å². The predicted molar refractivity (Wildman–Crippen MR) is 66.1 cm³/mol. The van der Waals surface area contributed by atoms with E-state index in [-0.39, 0.29) is 0 Å². The van der Waals surface area contributed by atoms with E-state index in [9.17, 15) is 0 Å². The van der Waals surface area contributed by atoms with Gasteiger partial charge in [-0.05, 0) is 20.9 Å². The Hall–Kier alpha value is 0.01000. The number of likely N-dealkylation sites (N-methyl/N-ethyl adjacent to an activating group) is 1. The van der Waals surface area contributed by atoms with Gasteiger partial charge < -0.3 is 0 Å². The van der Waals surface area contributed by atoms with Gasteiger partial charge in [-0.2, -0.15) is 12.6 Å². The molecule has 2 nitrogen and oxygen atoms in total. The van der Waals surface area contributed by atoms with Crippen LogP contribution in [0.2, 0.25) is 0 Å². The van der Waals surface area contributed by atoms with E-state index in [0.29, 0.717) is 5.54 Å². The van der Waals surface area contributed by atoms with Crippen LogP contribution in [0.4, 0.5) is 0 Å². The summed E-state index contributed by atoms with van der Waals surface area (Å²) in [6, 6.07) is 0. The lowest BCUT2D eigenvalue weighted by Gasteiger charge is -2.45. The molecule has 0 bridgehead atoms. The number of nitrogens with zero attached hydrogens (tertiary/aromatic N) is 2. The maximum Gasteiger partial charge on any atom is 0.0277 e. The first-order valence-electron chi connectivity index (χ1n) is 5.26. The summed E-state index contributed by atoms with van der Waals surface area (Å²) in [7, 11) is 2.21. The SMILES string of the molecule is CN1CCN(C/C=C/CS)CC1(C)C. The topological polar surface area (TPSA) is 6.48 Å². The minimum atomic E-state index is 0.313. The molecule has 1 aliphatic heterocycles. The first kappa shape index (κ1) is 12.1. The third-order valence-corrected chi connectivity index (χ3v) is 3.24. The number of thiol groups is 1. The zero-order valence-corrected chi connectivity index (χ0v) is 10.4. The summed E-state index contributed by atoms with van der Waals surface area (Å²) in [5.74, 6) is 0.844. The molecule has 0 amide bonds. The van der Waals surface area contributed by atoms with Gasteiger partial charge in [0.05, 0.1) is 0 Å². The van der Waals surface area contributed by atoms with E-state index in [2.05, 4.69) is 55.5 Å². The maximum atomic E-state index is 4.15. The van der Waals surface area contributed by atoms with Crippen LogP contribution in [0.25, 0.3) is 0 Å². The first-order chi connectivity index (χ1) is 6.56. The normalized spacial score (nSPS) is 24.6. The molecule has 0 spiro atoms. The molecule has 0 atom stereocenters. The number of rotatable bonds is 3. The Morgan fingerprint density at radius 2 is 2.00 bits per heavy atom. The van der Waals surface area contributed by atoms with Crippen LogP contribution in [0.5, 0.6) is 0 Å². The van der Waals surface area contributed by atoms with E-state index in [1.165, 1.54) is 13.1 Å². The molecule has 0 aromatic rings. The van der Waals surface area contributed by atoms with E-state index in [1.54, 1.807) is 0 Å². The summed E-state index contributed by atoms with van der Waals surface area (Å²) >= 11 is 4.15. The highest BCUT2D eigenvalue weighted by Crippen LogP contribution is 2.18. The van der Waals surface area contributed by atoms with E-state index < -0.39 is 0 Å². The molecule has 0 N–H and O–H groups in total. The molecule has 0 saturated carbocycles. The third kappa shape index (κ3) is 3.30. The molecule has 1 fully saturated rings. The van der Waals surface area contributed by atoms with Gasteiger partial charge in [-0.3, -0.25) is 9.80 Å². The standard InChI is InChI=1S/C11H22N2S/c1-11(2)10-13(6-4-5-9-14)8-7-12(11)3/h4-5,14H,6-10H2,1-3H3/b5-4+. The highest BCUT2D eigenvalue weighted by Gasteiger charge is 2.30. The Labute approximate surface area is 93.4 Å². The van der Waals surface area contributed by atoms with Crippen molar-refractivity contribution in [1.82, 2.24) is 9.80 Å². The minimum absolute atomic E-state index is 0.313. The Balaban J connectivity index is 2.39. The molecule has 14 heavy (non-hydrogen) atoms. The lowest BCUT2D eigenvalue weighted by Crippen LogP contribution is -2.57. The van der Waals surface area contributed by atoms with Gasteiger partial charge in [0.1, 0.15) is 0 Å². The van der Waals surface area contributed by atoms with Crippen LogP contribution in [-0.2, 0) is 0 Å². The molecule has 1 rings (SSSR count). The van der Waals surface area contributed by atoms with E-state index >= 15 is 0 Å². The zero-order valence-electron chi connectivity index (χ0n) is 9.53. The summed E-state index contributed by atoms with van der Waals surface area (Å²) in [6.07, 6.45) is 4.34. The van der Waals surface area contributed by atoms with Gasteiger partial charge in [-0.15, -0.1) is 0 Å². The Bertz CT molecular complexity index is 201. The minimum Gasteiger partial charge on any atom is -0.299 e. The molecule has 0 aliphatic carbocycles. The van der Waals surface area contributed by atoms with Crippen LogP contribution < -0.4 is 0 Å². The molecule has 0 unspecified atom stereocenters. The van der Waals surface area contributed by atoms with Gasteiger partial charge in [0, 0.05) is 37.5 Å². The number of piperazine rings is 1. The molecule has 0 radical (unpaired) electrons. The van der Waals surface area contributed by atoms with Crippen molar-refractivity contribution < 1.29 is 0 Å². The number of hydrogen-bond donors (Lipinski definition) is 1. The van der Waals surface area contributed by atoms with Crippen LogP contribution in [0, 0.1) is 0 Å². The summed E-state index contributed by atoms with van der Waals surface area (Å²) in [4.78, 5) is 4.94. The zero-order chi connectivity index (χ0) is 10.6. The van der Waals surface area contributed by atoms with Crippen LogP contribution in [0.3, 0.4) is 0 Å². The first-order valence-corrected chi connectivity index (χ1v) is 5.89. The predicted octanol–water partition coefficient (Wildman–Crippen LogP) is 1.50. The van der Waals surface area contributed by atoms with Crippen molar-refractivity contribution in [2.45, 2.75) is 19.4 Å². The van der Waals surface area contributed by atoms with Crippen molar-refractivity contribution in [3.8, 4) is 0 Å². The maximum absolute atomic E-state index is 4.15. The summed E-state index contributed by atoms with van der Waals surface area (Å²) in [6.45, 7) is 9.18. The van der Waals surface area contributed by atoms with Gasteiger partial charge in [0.15, 0.2) is 0 Å². The third-order valence-electron chi connectivity index (χ3n) is 3.03. The van der Waals surface area contributed by atoms with Crippen molar-refractivity contribution >= 4 is 12.6 Å². The highest BCUT2D eigenvalue weighted by atomic mass is 32.1. The van der Waals surface area contributed by atoms with Gasteiger partial charge in [-0.25, -0.2) is 0 Å². The summed E-state index contributed by atoms with van der Waals surface area (Å²) in [5.41, 5.74) is 0.313. The quantitative estimate of drug-likeness (QED) is 0.562. The summed E-state index contributed by atoms with van der Waals surface area (Å²) < 4.78 is 0. The largest absolute Gasteiger partial charge is 0.299 e. The molecule has 0 aromatic heterocycles. The second kappa shape index (κ2) is 5.19. The van der Waals surface area contributed by atoms with E-state index in [1.807, 2.05) is 0 Å². The Morgan fingerprint density at radius 3 is 2.57 bits per heavy atom. The van der Waals surface area contributed by atoms with Gasteiger partial charge in [-0.1, -0.05) is 12.2 Å². The smallest absolute Gasteiger partial charge is 0.0277 e. The second-order valence-electron chi connectivity index (χ2n) is 4.62. The average Bonchev–Trinajstić information content (AvgIpc) is 2.11. The van der Waals surface area contributed by atoms with Crippen molar-refractivity contribution in [2.24, 2.45) is 0 Å². The van der Waals surface area contributed by atoms with E-state index in [0.717, 1.165) is 18.8 Å². The molecular weight excluding hydrogens is 192 g/mol.